The van der Waals surface area contributed by atoms with Gasteiger partial charge in [0, 0.05) is 115 Å². The quantitative estimate of drug-likeness (QED) is 0.0241. The van der Waals surface area contributed by atoms with Gasteiger partial charge in [0.1, 0.15) is 40.5 Å². The van der Waals surface area contributed by atoms with Crippen molar-refractivity contribution in [2.24, 2.45) is 28.6 Å². The van der Waals surface area contributed by atoms with E-state index in [1.807, 2.05) is 59.5 Å². The first kappa shape index (κ1) is 75.1. The van der Waals surface area contributed by atoms with Crippen molar-refractivity contribution in [1.82, 2.24) is 30.2 Å². The fraction of sp³-hybridized carbons (Fsp3) is 0.514. The summed E-state index contributed by atoms with van der Waals surface area (Å²) in [4.78, 5) is 45.1. The highest BCUT2D eigenvalue weighted by Gasteiger charge is 2.48. The third kappa shape index (κ3) is 23.2. The minimum atomic E-state index is -0.956. The summed E-state index contributed by atoms with van der Waals surface area (Å²) in [5.41, 5.74) is 15.2. The molecule has 0 radical (unpaired) electrons. The number of methoxy groups -OCH3 is 4. The molecule has 2 aromatic carbocycles. The SMILES string of the molecule is COc1ccnc(F)c1.COc1ccnc(N[C@@H]2C[C@@H](C)N(C(=O)c3ccccc3C3(C#N)CC3)C2)c1.COc1ccnc(N[C@H]2CC[C@H](C)C2)c1.COc1ccnc(N[C@H]2CN[C@H](C)C2)c1.C[C@H]1CC[C@H](N)C1.C[C@H]1CC[C@H](N=[N+]=[N-])C1.N#CC1(c2ccccc2C(=O)O)CC1. The molecule has 23 heteroatoms. The zero-order chi connectivity index (χ0) is 69.9. The van der Waals surface area contributed by atoms with Crippen molar-refractivity contribution >= 4 is 29.3 Å². The molecule has 7 fully saturated rings. The second-order valence-corrected chi connectivity index (χ2v) is 26.5. The van der Waals surface area contributed by atoms with E-state index in [-0.39, 0.29) is 23.6 Å². The first-order chi connectivity index (χ1) is 46.7. The van der Waals surface area contributed by atoms with Gasteiger partial charge in [0.05, 0.1) is 57.0 Å². The van der Waals surface area contributed by atoms with Crippen LogP contribution in [0.25, 0.3) is 10.4 Å². The molecular weight excluding hydrogens is 1230 g/mol. The minimum Gasteiger partial charge on any atom is -0.497 e. The molecule has 518 valence electrons. The van der Waals surface area contributed by atoms with Gasteiger partial charge in [0.25, 0.3) is 5.91 Å². The Morgan fingerprint density at radius 3 is 1.48 bits per heavy atom. The lowest BCUT2D eigenvalue weighted by Crippen LogP contribution is -2.36. The molecule has 7 N–H and O–H groups in total. The lowest BCUT2D eigenvalue weighted by Gasteiger charge is -2.24. The number of hydrogen-bond donors (Lipinski definition) is 6. The number of aromatic nitrogens is 4. The van der Waals surface area contributed by atoms with Crippen molar-refractivity contribution in [3.63, 3.8) is 0 Å². The second-order valence-electron chi connectivity index (χ2n) is 26.5. The number of nitrogens with zero attached hydrogens (tertiary/aromatic N) is 10. The predicted molar refractivity (Wildman–Crippen MR) is 375 cm³/mol. The van der Waals surface area contributed by atoms with E-state index in [1.54, 1.807) is 76.3 Å². The van der Waals surface area contributed by atoms with Gasteiger partial charge in [0.2, 0.25) is 5.95 Å². The number of aromatic carboxylic acids is 1. The van der Waals surface area contributed by atoms with Crippen LogP contribution in [0.1, 0.15) is 163 Å². The molecule has 6 aromatic rings. The largest absolute Gasteiger partial charge is 0.497 e. The van der Waals surface area contributed by atoms with Gasteiger partial charge in [-0.1, -0.05) is 68.7 Å². The zero-order valence-electron chi connectivity index (χ0n) is 57.7. The summed E-state index contributed by atoms with van der Waals surface area (Å²) in [6, 6.07) is 35.7. The van der Waals surface area contributed by atoms with Gasteiger partial charge in [-0.05, 0) is 175 Å². The van der Waals surface area contributed by atoms with Crippen LogP contribution in [0.3, 0.4) is 0 Å². The number of ether oxygens (including phenoxy) is 4. The van der Waals surface area contributed by atoms with E-state index in [9.17, 15) is 19.2 Å². The molecule has 0 unspecified atom stereocenters. The number of anilines is 3. The lowest BCUT2D eigenvalue weighted by molar-refractivity contribution is 0.0693. The summed E-state index contributed by atoms with van der Waals surface area (Å²) < 4.78 is 32.4. The van der Waals surface area contributed by atoms with Gasteiger partial charge in [-0.25, -0.2) is 24.7 Å². The Hall–Kier alpha value is -9.28. The maximum absolute atomic E-state index is 13.3. The van der Waals surface area contributed by atoms with E-state index in [1.165, 1.54) is 64.3 Å². The van der Waals surface area contributed by atoms with Crippen molar-refractivity contribution < 1.29 is 38.0 Å². The molecule has 22 nitrogen and oxygen atoms in total. The summed E-state index contributed by atoms with van der Waals surface area (Å²) >= 11 is 0. The molecule has 2 aliphatic heterocycles. The second kappa shape index (κ2) is 37.3. The van der Waals surface area contributed by atoms with E-state index < -0.39 is 22.7 Å². The summed E-state index contributed by atoms with van der Waals surface area (Å²) in [6.45, 7) is 12.6. The number of nitrogens with two attached hydrogens (primary N) is 1. The van der Waals surface area contributed by atoms with Gasteiger partial charge in [-0.15, -0.1) is 0 Å². The van der Waals surface area contributed by atoms with Crippen LogP contribution in [0.4, 0.5) is 21.8 Å². The molecular formula is C74H98FN15O7. The molecule has 10 atom stereocenters. The van der Waals surface area contributed by atoms with E-state index >= 15 is 0 Å². The molecule has 6 heterocycles. The molecule has 0 bridgehead atoms. The third-order valence-corrected chi connectivity index (χ3v) is 18.7. The summed E-state index contributed by atoms with van der Waals surface area (Å²) in [5, 5.41) is 44.8. The third-order valence-electron chi connectivity index (χ3n) is 18.7. The normalized spacial score (nSPS) is 23.7. The summed E-state index contributed by atoms with van der Waals surface area (Å²) in [6.07, 6.45) is 22.8. The van der Waals surface area contributed by atoms with Gasteiger partial charge >= 0.3 is 5.97 Å². The predicted octanol–water partition coefficient (Wildman–Crippen LogP) is 14.1. The topological polar surface area (TPSA) is 317 Å². The van der Waals surface area contributed by atoms with Crippen LogP contribution in [0, 0.1) is 46.4 Å². The smallest absolute Gasteiger partial charge is 0.336 e. The van der Waals surface area contributed by atoms with Crippen LogP contribution in [0.15, 0.2) is 127 Å². The molecule has 2 saturated heterocycles. The molecule has 7 aliphatic rings. The number of benzene rings is 2. The zero-order valence-corrected chi connectivity index (χ0v) is 57.7. The maximum atomic E-state index is 13.3. The minimum absolute atomic E-state index is 0.00697. The van der Waals surface area contributed by atoms with Crippen LogP contribution in [0.5, 0.6) is 23.0 Å². The number of carbonyl (C=O) groups excluding carboxylic acids is 1. The number of nitriles is 2. The first-order valence-corrected chi connectivity index (χ1v) is 33.8. The van der Waals surface area contributed by atoms with E-state index in [2.05, 4.69) is 98.0 Å². The van der Waals surface area contributed by atoms with E-state index in [0.717, 1.165) is 116 Å². The molecule has 97 heavy (non-hydrogen) atoms. The van der Waals surface area contributed by atoms with Crippen molar-refractivity contribution in [1.29, 1.82) is 10.5 Å². The fourth-order valence-electron chi connectivity index (χ4n) is 12.9. The number of hydrogen-bond acceptors (Lipinski definition) is 18. The molecule has 5 saturated carbocycles. The average molecular weight is 1330 g/mol. The molecule has 4 aromatic heterocycles. The Bertz CT molecular complexity index is 3540. The molecule has 0 spiro atoms. The van der Waals surface area contributed by atoms with Crippen LogP contribution >= 0.6 is 0 Å². The van der Waals surface area contributed by atoms with Gasteiger partial charge in [0.15, 0.2) is 0 Å². The maximum Gasteiger partial charge on any atom is 0.336 e. The van der Waals surface area contributed by atoms with E-state index in [0.29, 0.717) is 53.6 Å². The molecule has 1 amide bonds. The van der Waals surface area contributed by atoms with Crippen LogP contribution in [-0.2, 0) is 10.8 Å². The lowest BCUT2D eigenvalue weighted by atomic mass is 9.92. The van der Waals surface area contributed by atoms with E-state index in [4.69, 9.17) is 40.6 Å². The Morgan fingerprint density at radius 2 is 1.08 bits per heavy atom. The monoisotopic (exact) mass is 1330 g/mol. The Labute approximate surface area is 571 Å². The number of pyridine rings is 4. The van der Waals surface area contributed by atoms with Crippen LogP contribution < -0.4 is 45.9 Å². The van der Waals surface area contributed by atoms with Crippen LogP contribution in [-0.4, -0.2) is 126 Å². The first-order valence-electron chi connectivity index (χ1n) is 33.8. The fourth-order valence-corrected chi connectivity index (χ4v) is 12.9. The van der Waals surface area contributed by atoms with Gasteiger partial charge in [-0.3, -0.25) is 4.79 Å². The number of likely N-dealkylation sites (tertiary alicyclic amines) is 1. The molecule has 5 aliphatic carbocycles. The number of amides is 1. The van der Waals surface area contributed by atoms with Crippen LogP contribution in [0.2, 0.25) is 0 Å². The highest BCUT2D eigenvalue weighted by molar-refractivity contribution is 5.97. The number of carboxylic acid groups (broad SMARTS) is 1. The standard InChI is InChI=1S/C22H24N4O2.C12H18N2O.C11H17N3O.C11H9NO2.C6H6FNO.C6H11N3.C6H13N/c1-15-11-16(25-20-12-17(28-2)7-10-24-20)13-26(15)21(27)18-5-3-4-6-19(18)22(14-23)8-9-22;1-9-3-4-10(7-9)14-12-8-11(15-2)5-6-13-12;1-8-5-9(7-13-8)14-11-6-10(15-2)3-4-12-11;12-7-11(5-6-11)9-4-2-1-3-8(9)10(13)14;1-9-5-2-3-8-6(7)4-5;1-5-2-3-6(4-5)8-9-7;1-5-2-3-6(7)4-5/h3-7,10,12,15-16H,8-9,11,13H2,1-2H3,(H,24,25);5-6,8-10H,3-4,7H2,1-2H3,(H,13,14);3-4,6,8-9,13H,5,7H2,1-2H3,(H,12,14);1-4H,5-6H2,(H,13,14);2-4H,1H3;5-6H,2-4H2,1H3;5-6H,2-4,7H2,1H3/t15-,16-;9-,10-;8-,9-;;;2*5-,6-/m101..00/s1. The molecule has 13 rings (SSSR count). The van der Waals surface area contributed by atoms with Crippen molar-refractivity contribution in [2.45, 2.75) is 184 Å². The number of carboxylic acids is 1. The number of halogens is 1. The highest BCUT2D eigenvalue weighted by atomic mass is 19.1. The average Bonchev–Trinajstić information content (AvgIpc) is 1.61. The Morgan fingerprint density at radius 1 is 0.619 bits per heavy atom. The van der Waals surface area contributed by atoms with Crippen molar-refractivity contribution in [3.05, 3.63) is 160 Å². The van der Waals surface area contributed by atoms with Gasteiger partial charge < -0.3 is 56.0 Å². The Kier molecular flexibility index (Phi) is 28.9. The highest BCUT2D eigenvalue weighted by Crippen LogP contribution is 2.50. The number of azide groups is 1. The number of rotatable bonds is 15. The number of carbonyl (C=O) groups is 2. The van der Waals surface area contributed by atoms with Gasteiger partial charge in [-0.2, -0.15) is 14.9 Å². The summed E-state index contributed by atoms with van der Waals surface area (Å²) in [7, 11) is 6.45. The van der Waals surface area contributed by atoms with Crippen molar-refractivity contribution in [2.75, 3.05) is 57.5 Å². The summed E-state index contributed by atoms with van der Waals surface area (Å²) in [5.74, 6) is 6.52. The number of nitrogens with one attached hydrogen (secondary N) is 4. The Balaban J connectivity index is 0.000000168. The van der Waals surface area contributed by atoms with Crippen molar-refractivity contribution in [3.8, 4) is 35.1 Å².